The lowest BCUT2D eigenvalue weighted by molar-refractivity contribution is -0.133. The molecule has 4 nitrogen and oxygen atoms in total. The van der Waals surface area contributed by atoms with E-state index in [1.54, 1.807) is 18.8 Å². The molecule has 0 spiro atoms. The lowest BCUT2D eigenvalue weighted by Crippen LogP contribution is -2.34. The first-order valence-corrected chi connectivity index (χ1v) is 10.9. The quantitative estimate of drug-likeness (QED) is 0.434. The number of amides is 2. The Labute approximate surface area is 173 Å². The van der Waals surface area contributed by atoms with Gasteiger partial charge >= 0.3 is 0 Å². The van der Waals surface area contributed by atoms with Crippen molar-refractivity contribution >= 4 is 45.2 Å². The molecule has 2 aromatic rings. The van der Waals surface area contributed by atoms with E-state index in [4.69, 9.17) is 0 Å². The van der Waals surface area contributed by atoms with Crippen LogP contribution in [-0.4, -0.2) is 36.6 Å². The number of rotatable bonds is 9. The molecule has 2 aromatic carbocycles. The summed E-state index contributed by atoms with van der Waals surface area (Å²) in [7, 11) is 1.68. The molecule has 0 saturated heterocycles. The van der Waals surface area contributed by atoms with Gasteiger partial charge < -0.3 is 10.2 Å². The maximum atomic E-state index is 12.2. The third kappa shape index (κ3) is 7.39. The molecular formula is C21H25BrN2O2S. The number of unbranched alkanes of at least 4 members (excludes halogenated alkanes) is 1. The highest BCUT2D eigenvalue weighted by atomic mass is 79.9. The van der Waals surface area contributed by atoms with Gasteiger partial charge in [-0.2, -0.15) is 0 Å². The molecule has 6 heteroatoms. The summed E-state index contributed by atoms with van der Waals surface area (Å²) in [6.45, 7) is 0.0638. The van der Waals surface area contributed by atoms with Gasteiger partial charge in [-0.3, -0.25) is 9.59 Å². The number of para-hydroxylation sites is 1. The van der Waals surface area contributed by atoms with Crippen molar-refractivity contribution in [2.45, 2.75) is 30.6 Å². The van der Waals surface area contributed by atoms with Crippen LogP contribution in [-0.2, 0) is 16.0 Å². The van der Waals surface area contributed by atoms with Crippen LogP contribution in [0.15, 0.2) is 57.9 Å². The number of nitrogens with one attached hydrogen (secondary N) is 1. The monoisotopic (exact) mass is 448 g/mol. The predicted molar refractivity (Wildman–Crippen MR) is 116 cm³/mol. The number of halogens is 1. The van der Waals surface area contributed by atoms with Gasteiger partial charge in [0.05, 0.1) is 12.2 Å². The first-order valence-electron chi connectivity index (χ1n) is 8.91. The van der Waals surface area contributed by atoms with Crippen molar-refractivity contribution in [1.82, 2.24) is 4.90 Å². The molecule has 0 aliphatic carbocycles. The molecule has 2 amide bonds. The third-order valence-electron chi connectivity index (χ3n) is 4.21. The highest BCUT2D eigenvalue weighted by molar-refractivity contribution is 9.10. The number of thioether (sulfide) groups is 1. The molecule has 0 unspecified atom stereocenters. The number of aryl methyl sites for hydroxylation is 1. The summed E-state index contributed by atoms with van der Waals surface area (Å²) in [4.78, 5) is 27.0. The Bertz CT molecular complexity index is 765. The fourth-order valence-electron chi connectivity index (χ4n) is 2.69. The summed E-state index contributed by atoms with van der Waals surface area (Å²) in [5.41, 5.74) is 2.05. The Kier molecular flexibility index (Phi) is 8.88. The van der Waals surface area contributed by atoms with Gasteiger partial charge in [-0.1, -0.05) is 40.2 Å². The number of benzene rings is 2. The minimum Gasteiger partial charge on any atom is -0.336 e. The van der Waals surface area contributed by atoms with Crippen LogP contribution in [0.25, 0.3) is 0 Å². The van der Waals surface area contributed by atoms with Gasteiger partial charge in [-0.15, -0.1) is 11.8 Å². The number of nitrogens with zero attached hydrogens (tertiary/aromatic N) is 1. The van der Waals surface area contributed by atoms with E-state index < -0.39 is 0 Å². The normalized spacial score (nSPS) is 10.5. The number of hydrogen-bond donors (Lipinski definition) is 1. The zero-order valence-electron chi connectivity index (χ0n) is 15.7. The molecule has 0 saturated carbocycles. The molecule has 0 fully saturated rings. The van der Waals surface area contributed by atoms with Crippen molar-refractivity contribution in [1.29, 1.82) is 0 Å². The first-order chi connectivity index (χ1) is 13.0. The van der Waals surface area contributed by atoms with E-state index >= 15 is 0 Å². The lowest BCUT2D eigenvalue weighted by atomic mass is 10.1. The second-order valence-corrected chi connectivity index (χ2v) is 8.10. The fraction of sp³-hybridized carbons (Fsp3) is 0.333. The van der Waals surface area contributed by atoms with E-state index in [2.05, 4.69) is 33.4 Å². The van der Waals surface area contributed by atoms with Crippen molar-refractivity contribution in [2.24, 2.45) is 0 Å². The van der Waals surface area contributed by atoms with Crippen LogP contribution in [0.3, 0.4) is 0 Å². The number of carbonyl (C=O) groups excluding carboxylic acids is 2. The Morgan fingerprint density at radius 1 is 1.07 bits per heavy atom. The smallest absolute Gasteiger partial charge is 0.244 e. The Hall–Kier alpha value is -1.79. The van der Waals surface area contributed by atoms with Crippen LogP contribution < -0.4 is 5.32 Å². The molecule has 1 N–H and O–H groups in total. The molecule has 144 valence electrons. The van der Waals surface area contributed by atoms with Crippen molar-refractivity contribution in [2.75, 3.05) is 25.2 Å². The molecule has 27 heavy (non-hydrogen) atoms. The van der Waals surface area contributed by atoms with Crippen LogP contribution in [0.4, 0.5) is 5.69 Å². The number of likely N-dealkylation sites (N-methyl/N-ethyl adjacent to an activating group) is 1. The summed E-state index contributed by atoms with van der Waals surface area (Å²) in [5, 5.41) is 2.88. The summed E-state index contributed by atoms with van der Waals surface area (Å²) in [5.74, 6) is -0.179. The SMILES string of the molecule is CSc1ccccc1NC(=O)CN(C)C(=O)CCCCc1ccc(Br)cc1. The highest BCUT2D eigenvalue weighted by Gasteiger charge is 2.13. The van der Waals surface area contributed by atoms with Gasteiger partial charge in [0.25, 0.3) is 0 Å². The molecular weight excluding hydrogens is 424 g/mol. The van der Waals surface area contributed by atoms with Crippen LogP contribution in [0, 0.1) is 0 Å². The van der Waals surface area contributed by atoms with Crippen molar-refractivity contribution < 1.29 is 9.59 Å². The van der Waals surface area contributed by atoms with E-state index in [1.807, 2.05) is 42.7 Å². The molecule has 0 radical (unpaired) electrons. The Balaban J connectivity index is 1.71. The molecule has 0 atom stereocenters. The maximum absolute atomic E-state index is 12.2. The number of hydrogen-bond acceptors (Lipinski definition) is 3. The summed E-state index contributed by atoms with van der Waals surface area (Å²) in [6.07, 6.45) is 5.15. The van der Waals surface area contributed by atoms with E-state index in [0.717, 1.165) is 34.3 Å². The average Bonchev–Trinajstić information content (AvgIpc) is 2.66. The molecule has 0 bridgehead atoms. The first kappa shape index (κ1) is 21.5. The average molecular weight is 449 g/mol. The topological polar surface area (TPSA) is 49.4 Å². The Morgan fingerprint density at radius 3 is 2.48 bits per heavy atom. The number of anilines is 1. The molecule has 2 rings (SSSR count). The van der Waals surface area contributed by atoms with E-state index in [0.29, 0.717) is 6.42 Å². The van der Waals surface area contributed by atoms with Gasteiger partial charge in [0.2, 0.25) is 11.8 Å². The highest BCUT2D eigenvalue weighted by Crippen LogP contribution is 2.24. The predicted octanol–water partition coefficient (Wildman–Crippen LogP) is 4.98. The molecule has 0 heterocycles. The van der Waals surface area contributed by atoms with Crippen LogP contribution in [0.5, 0.6) is 0 Å². The van der Waals surface area contributed by atoms with Crippen molar-refractivity contribution in [3.63, 3.8) is 0 Å². The fourth-order valence-corrected chi connectivity index (χ4v) is 3.51. The lowest BCUT2D eigenvalue weighted by Gasteiger charge is -2.17. The van der Waals surface area contributed by atoms with Crippen LogP contribution >= 0.6 is 27.7 Å². The summed E-state index contributed by atoms with van der Waals surface area (Å²) >= 11 is 5.00. The second-order valence-electron chi connectivity index (χ2n) is 6.33. The zero-order chi connectivity index (χ0) is 19.6. The second kappa shape index (κ2) is 11.1. The van der Waals surface area contributed by atoms with E-state index in [9.17, 15) is 9.59 Å². The molecule has 0 aliphatic rings. The van der Waals surface area contributed by atoms with Crippen molar-refractivity contribution in [3.8, 4) is 0 Å². The van der Waals surface area contributed by atoms with E-state index in [-0.39, 0.29) is 18.4 Å². The molecule has 0 aromatic heterocycles. The summed E-state index contributed by atoms with van der Waals surface area (Å²) in [6, 6.07) is 15.9. The van der Waals surface area contributed by atoms with Crippen LogP contribution in [0.1, 0.15) is 24.8 Å². The molecule has 0 aliphatic heterocycles. The largest absolute Gasteiger partial charge is 0.336 e. The van der Waals surface area contributed by atoms with Crippen molar-refractivity contribution in [3.05, 3.63) is 58.6 Å². The summed E-state index contributed by atoms with van der Waals surface area (Å²) < 4.78 is 1.07. The third-order valence-corrected chi connectivity index (χ3v) is 5.53. The number of carbonyl (C=O) groups is 2. The van der Waals surface area contributed by atoms with Gasteiger partial charge in [-0.05, 0) is 55.3 Å². The maximum Gasteiger partial charge on any atom is 0.244 e. The van der Waals surface area contributed by atoms with Gasteiger partial charge in [0.15, 0.2) is 0 Å². The van der Waals surface area contributed by atoms with Gasteiger partial charge in [-0.25, -0.2) is 0 Å². The zero-order valence-corrected chi connectivity index (χ0v) is 18.1. The minimum atomic E-state index is -0.179. The van der Waals surface area contributed by atoms with Gasteiger partial charge in [0, 0.05) is 22.8 Å². The van der Waals surface area contributed by atoms with Gasteiger partial charge in [0.1, 0.15) is 0 Å². The van der Waals surface area contributed by atoms with E-state index in [1.165, 1.54) is 10.5 Å². The minimum absolute atomic E-state index is 0.000826. The standard InChI is InChI=1S/C21H25BrN2O2S/c1-24(15-20(25)23-18-8-4-5-9-19(18)27-2)21(26)10-6-3-7-16-11-13-17(22)14-12-16/h4-5,8-9,11-14H,3,6-7,10,15H2,1-2H3,(H,23,25). The Morgan fingerprint density at radius 2 is 1.78 bits per heavy atom. The van der Waals surface area contributed by atoms with Crippen LogP contribution in [0.2, 0.25) is 0 Å².